The van der Waals surface area contributed by atoms with Crippen LogP contribution in [0.5, 0.6) is 0 Å². The van der Waals surface area contributed by atoms with Crippen molar-refractivity contribution in [2.45, 2.75) is 51.4 Å². The van der Waals surface area contributed by atoms with Gasteiger partial charge in [0, 0.05) is 27.9 Å². The van der Waals surface area contributed by atoms with Crippen LogP contribution in [0.2, 0.25) is 0 Å². The third-order valence-corrected chi connectivity index (χ3v) is 12.5. The van der Waals surface area contributed by atoms with Crippen LogP contribution in [0.15, 0.2) is 176 Å². The molecular weight excluding hydrogens is 663 g/mol. The second-order valence-corrected chi connectivity index (χ2v) is 16.5. The van der Waals surface area contributed by atoms with Crippen LogP contribution in [-0.2, 0) is 10.8 Å². The maximum Gasteiger partial charge on any atom is 0.0468 e. The normalized spacial score (nSPS) is 15.5. The Labute approximate surface area is 326 Å². The summed E-state index contributed by atoms with van der Waals surface area (Å²) in [5, 5.41) is 0. The summed E-state index contributed by atoms with van der Waals surface area (Å²) < 4.78 is 0. The summed E-state index contributed by atoms with van der Waals surface area (Å²) in [5.74, 6) is 0. The lowest BCUT2D eigenvalue weighted by molar-refractivity contribution is 0.652. The van der Waals surface area contributed by atoms with E-state index in [1.54, 1.807) is 0 Å². The van der Waals surface area contributed by atoms with E-state index in [0.717, 1.165) is 29.9 Å². The summed E-state index contributed by atoms with van der Waals surface area (Å²) in [6.07, 6.45) is 9.11. The molecule has 0 N–H and O–H groups in total. The van der Waals surface area contributed by atoms with E-state index >= 15 is 0 Å². The molecule has 7 aromatic rings. The van der Waals surface area contributed by atoms with E-state index in [2.05, 4.69) is 209 Å². The summed E-state index contributed by atoms with van der Waals surface area (Å²) in [6.45, 7) is 9.55. The predicted octanol–water partition coefficient (Wildman–Crippen LogP) is 14.8. The lowest BCUT2D eigenvalue weighted by Gasteiger charge is -2.28. The van der Waals surface area contributed by atoms with Crippen LogP contribution < -0.4 is 4.90 Å². The van der Waals surface area contributed by atoms with Crippen molar-refractivity contribution in [3.05, 3.63) is 204 Å². The molecule has 7 aromatic carbocycles. The van der Waals surface area contributed by atoms with Crippen molar-refractivity contribution in [1.82, 2.24) is 0 Å². The van der Waals surface area contributed by atoms with Crippen LogP contribution in [-0.4, -0.2) is 0 Å². The van der Waals surface area contributed by atoms with Gasteiger partial charge in [-0.25, -0.2) is 0 Å². The van der Waals surface area contributed by atoms with Gasteiger partial charge >= 0.3 is 0 Å². The van der Waals surface area contributed by atoms with Gasteiger partial charge in [-0.05, 0) is 139 Å². The smallest absolute Gasteiger partial charge is 0.0468 e. The molecule has 0 heterocycles. The van der Waals surface area contributed by atoms with E-state index in [1.807, 2.05) is 0 Å². The molecule has 1 nitrogen and oxygen atoms in total. The molecule has 0 aliphatic heterocycles. The number of benzene rings is 7. The molecule has 0 spiro atoms. The molecule has 0 atom stereocenters. The molecule has 0 aromatic heterocycles. The summed E-state index contributed by atoms with van der Waals surface area (Å²) >= 11 is 0. The highest BCUT2D eigenvalue weighted by molar-refractivity contribution is 5.92. The second-order valence-electron chi connectivity index (χ2n) is 16.5. The molecule has 55 heavy (non-hydrogen) atoms. The third kappa shape index (κ3) is 5.44. The second kappa shape index (κ2) is 12.7. The Hall–Kier alpha value is -6.18. The number of nitrogens with zero attached hydrogens (tertiary/aromatic N) is 1. The molecule has 10 rings (SSSR count). The van der Waals surface area contributed by atoms with Gasteiger partial charge in [0.1, 0.15) is 0 Å². The average molecular weight is 708 g/mol. The van der Waals surface area contributed by atoms with Crippen molar-refractivity contribution in [3.8, 4) is 44.5 Å². The van der Waals surface area contributed by atoms with E-state index in [-0.39, 0.29) is 10.8 Å². The van der Waals surface area contributed by atoms with Gasteiger partial charge in [0.15, 0.2) is 0 Å². The minimum atomic E-state index is -0.113. The molecule has 266 valence electrons. The minimum absolute atomic E-state index is 0.0549. The van der Waals surface area contributed by atoms with Gasteiger partial charge < -0.3 is 4.90 Å². The Bertz CT molecular complexity index is 2670. The molecule has 0 unspecified atom stereocenters. The molecule has 0 saturated carbocycles. The first-order valence-electron chi connectivity index (χ1n) is 19.7. The number of hydrogen-bond acceptors (Lipinski definition) is 1. The fourth-order valence-corrected chi connectivity index (χ4v) is 9.46. The lowest BCUT2D eigenvalue weighted by atomic mass is 9.79. The zero-order valence-electron chi connectivity index (χ0n) is 32.1. The van der Waals surface area contributed by atoms with Crippen LogP contribution >= 0.6 is 0 Å². The monoisotopic (exact) mass is 707 g/mol. The van der Waals surface area contributed by atoms with Gasteiger partial charge in [0.2, 0.25) is 0 Å². The molecule has 0 saturated heterocycles. The zero-order valence-corrected chi connectivity index (χ0v) is 32.1. The maximum atomic E-state index is 2.52. The van der Waals surface area contributed by atoms with Gasteiger partial charge in [-0.3, -0.25) is 0 Å². The summed E-state index contributed by atoms with van der Waals surface area (Å²) in [5.41, 5.74) is 21.8. The summed E-state index contributed by atoms with van der Waals surface area (Å²) in [7, 11) is 0. The van der Waals surface area contributed by atoms with Crippen molar-refractivity contribution in [2.75, 3.05) is 4.90 Å². The lowest BCUT2D eigenvalue weighted by Crippen LogP contribution is -2.17. The molecule has 3 aliphatic rings. The van der Waals surface area contributed by atoms with Crippen molar-refractivity contribution in [3.63, 3.8) is 0 Å². The molecular formula is C54H45N. The summed E-state index contributed by atoms with van der Waals surface area (Å²) in [6, 6.07) is 59.0. The van der Waals surface area contributed by atoms with Gasteiger partial charge in [-0.1, -0.05) is 155 Å². The molecule has 0 radical (unpaired) electrons. The van der Waals surface area contributed by atoms with Gasteiger partial charge in [-0.2, -0.15) is 0 Å². The van der Waals surface area contributed by atoms with E-state index in [4.69, 9.17) is 0 Å². The SMILES string of the molecule is CC1(C)c2ccccc2-c2cc3c(cc21)-c1cc(N(c2ccc(-c4ccccc4)cc2)c2cccc(-c4ccc(C5=CCCC=C5)cc4)c2)ccc1C3(C)C. The highest BCUT2D eigenvalue weighted by atomic mass is 15.1. The number of allylic oxidation sites excluding steroid dienone is 4. The zero-order chi connectivity index (χ0) is 37.3. The first-order chi connectivity index (χ1) is 26.8. The first kappa shape index (κ1) is 33.4. The van der Waals surface area contributed by atoms with Crippen LogP contribution in [0.1, 0.15) is 68.4 Å². The topological polar surface area (TPSA) is 3.24 Å². The van der Waals surface area contributed by atoms with Crippen molar-refractivity contribution < 1.29 is 0 Å². The quantitative estimate of drug-likeness (QED) is 0.166. The van der Waals surface area contributed by atoms with Crippen molar-refractivity contribution in [2.24, 2.45) is 0 Å². The van der Waals surface area contributed by atoms with E-state index in [9.17, 15) is 0 Å². The standard InChI is InChI=1S/C54H45N/c1-53(2)49-21-12-11-20-45(49)47-34-52-48(35-51(47)53)46-33-44(30-31-50(46)54(52,3)4)55(42-28-26-39(27-29-42)37-16-9-6-10-17-37)43-19-13-18-41(32-43)40-24-22-38(23-25-40)36-14-7-5-8-15-36/h6-7,9-35H,5,8H2,1-4H3. The number of rotatable bonds is 6. The Morgan fingerprint density at radius 2 is 0.927 bits per heavy atom. The predicted molar refractivity (Wildman–Crippen MR) is 233 cm³/mol. The molecule has 1 heteroatoms. The highest BCUT2D eigenvalue weighted by Crippen LogP contribution is 2.56. The van der Waals surface area contributed by atoms with E-state index in [0.29, 0.717) is 0 Å². The molecule has 0 fully saturated rings. The van der Waals surface area contributed by atoms with Crippen LogP contribution in [0.3, 0.4) is 0 Å². The average Bonchev–Trinajstić information content (AvgIpc) is 3.60. The highest BCUT2D eigenvalue weighted by Gasteiger charge is 2.41. The van der Waals surface area contributed by atoms with Crippen LogP contribution in [0.25, 0.3) is 50.1 Å². The van der Waals surface area contributed by atoms with Crippen molar-refractivity contribution in [1.29, 1.82) is 0 Å². The fraction of sp³-hybridized carbons (Fsp3) is 0.148. The van der Waals surface area contributed by atoms with Gasteiger partial charge in [0.25, 0.3) is 0 Å². The first-order valence-corrected chi connectivity index (χ1v) is 19.7. The Morgan fingerprint density at radius 1 is 0.382 bits per heavy atom. The third-order valence-electron chi connectivity index (χ3n) is 12.5. The molecule has 3 aliphatic carbocycles. The van der Waals surface area contributed by atoms with E-state index in [1.165, 1.54) is 77.9 Å². The number of anilines is 3. The molecule has 0 amide bonds. The minimum Gasteiger partial charge on any atom is -0.310 e. The van der Waals surface area contributed by atoms with Crippen molar-refractivity contribution >= 4 is 22.6 Å². The maximum absolute atomic E-state index is 2.52. The van der Waals surface area contributed by atoms with Crippen LogP contribution in [0, 0.1) is 0 Å². The Morgan fingerprint density at radius 3 is 1.65 bits per heavy atom. The van der Waals surface area contributed by atoms with Gasteiger partial charge in [-0.15, -0.1) is 0 Å². The Kier molecular flexibility index (Phi) is 7.72. The number of hydrogen-bond donors (Lipinski definition) is 0. The number of fused-ring (bicyclic) bond motifs is 6. The fourth-order valence-electron chi connectivity index (χ4n) is 9.46. The Balaban J connectivity index is 1.10. The largest absolute Gasteiger partial charge is 0.310 e. The van der Waals surface area contributed by atoms with E-state index < -0.39 is 0 Å². The van der Waals surface area contributed by atoms with Gasteiger partial charge in [0.05, 0.1) is 0 Å². The molecule has 0 bridgehead atoms. The van der Waals surface area contributed by atoms with Crippen LogP contribution in [0.4, 0.5) is 17.1 Å². The summed E-state index contributed by atoms with van der Waals surface area (Å²) in [4.78, 5) is 2.43.